The molecule has 2 unspecified atom stereocenters. The first-order chi connectivity index (χ1) is 8.20. The van der Waals surface area contributed by atoms with Gasteiger partial charge in [-0.3, -0.25) is 9.78 Å². The van der Waals surface area contributed by atoms with Crippen LogP contribution in [0, 0.1) is 0 Å². The van der Waals surface area contributed by atoms with Gasteiger partial charge in [-0.2, -0.15) is 0 Å². The molecule has 2 rings (SSSR count). The minimum atomic E-state index is -0.300. The van der Waals surface area contributed by atoms with Crippen LogP contribution in [0.4, 0.5) is 0 Å². The fraction of sp³-hybridized carbons (Fsp3) is 0.455. The zero-order valence-electron chi connectivity index (χ0n) is 9.35. The Morgan fingerprint density at radius 2 is 2.47 bits per heavy atom. The predicted molar refractivity (Wildman–Crippen MR) is 62.1 cm³/mol. The second kappa shape index (κ2) is 5.33. The molecule has 1 N–H and O–H groups in total. The molecule has 1 aliphatic heterocycles. The maximum absolute atomic E-state index is 11.3. The van der Waals surface area contributed by atoms with Gasteiger partial charge in [0.05, 0.1) is 7.11 Å². The lowest BCUT2D eigenvalue weighted by Gasteiger charge is -2.13. The Kier molecular flexibility index (Phi) is 3.81. The first-order valence-electron chi connectivity index (χ1n) is 5.28. The molecule has 1 saturated heterocycles. The van der Waals surface area contributed by atoms with Crippen molar-refractivity contribution in [3.63, 3.8) is 0 Å². The fourth-order valence-electron chi connectivity index (χ4n) is 1.75. The number of hydrogen-bond acceptors (Lipinski definition) is 5. The van der Waals surface area contributed by atoms with E-state index in [1.54, 1.807) is 12.3 Å². The van der Waals surface area contributed by atoms with Crippen LogP contribution < -0.4 is 10.1 Å². The van der Waals surface area contributed by atoms with Crippen molar-refractivity contribution < 1.29 is 14.3 Å². The van der Waals surface area contributed by atoms with E-state index in [4.69, 9.17) is 16.3 Å². The highest BCUT2D eigenvalue weighted by Crippen LogP contribution is 2.25. The van der Waals surface area contributed by atoms with E-state index in [1.807, 2.05) is 0 Å². The number of halogens is 1. The third kappa shape index (κ3) is 2.87. The van der Waals surface area contributed by atoms with E-state index in [-0.39, 0.29) is 18.1 Å². The van der Waals surface area contributed by atoms with Crippen molar-refractivity contribution in [1.82, 2.24) is 10.3 Å². The number of carbonyl (C=O) groups is 1. The van der Waals surface area contributed by atoms with Gasteiger partial charge in [-0.15, -0.1) is 0 Å². The highest BCUT2D eigenvalue weighted by atomic mass is 35.5. The number of hydrogen-bond donors (Lipinski definition) is 1. The lowest BCUT2D eigenvalue weighted by Crippen LogP contribution is -2.31. The molecule has 1 aliphatic rings. The molecule has 1 aromatic rings. The zero-order valence-corrected chi connectivity index (χ0v) is 10.1. The number of aromatic nitrogens is 1. The predicted octanol–water partition coefficient (Wildman–Crippen LogP) is 1.02. The van der Waals surface area contributed by atoms with Gasteiger partial charge in [-0.05, 0) is 0 Å². The van der Waals surface area contributed by atoms with Crippen LogP contribution >= 0.6 is 11.6 Å². The smallest absolute Gasteiger partial charge is 0.323 e. The number of nitrogens with zero attached hydrogens (tertiary/aromatic N) is 1. The number of rotatable bonds is 3. The summed E-state index contributed by atoms with van der Waals surface area (Å²) in [5.41, 5.74) is 0. The molecule has 1 aromatic heterocycles. The number of pyridine rings is 1. The largest absolute Gasteiger partial charge is 0.487 e. The Hall–Kier alpha value is -1.33. The number of methoxy groups -OCH3 is 1. The van der Waals surface area contributed by atoms with Crippen LogP contribution in [0.3, 0.4) is 0 Å². The molecule has 2 heterocycles. The van der Waals surface area contributed by atoms with Crippen LogP contribution in [0.15, 0.2) is 18.5 Å². The Morgan fingerprint density at radius 3 is 3.18 bits per heavy atom. The lowest BCUT2D eigenvalue weighted by atomic mass is 10.2. The molecule has 0 spiro atoms. The standard InChI is InChI=1S/C11H13ClN2O3/c1-16-11(15)9-4-7(5-14-9)17-10-2-3-13-6-8(10)12/h2-3,6-7,9,14H,4-5H2,1H3. The average Bonchev–Trinajstić information content (AvgIpc) is 2.80. The summed E-state index contributed by atoms with van der Waals surface area (Å²) in [6, 6.07) is 1.40. The van der Waals surface area contributed by atoms with E-state index < -0.39 is 0 Å². The van der Waals surface area contributed by atoms with Gasteiger partial charge in [0.15, 0.2) is 0 Å². The fourth-order valence-corrected chi connectivity index (χ4v) is 1.92. The molecule has 0 aliphatic carbocycles. The first kappa shape index (κ1) is 12.1. The van der Waals surface area contributed by atoms with Gasteiger partial charge >= 0.3 is 5.97 Å². The van der Waals surface area contributed by atoms with Gasteiger partial charge in [-0.25, -0.2) is 0 Å². The van der Waals surface area contributed by atoms with E-state index >= 15 is 0 Å². The second-order valence-corrected chi connectivity index (χ2v) is 4.17. The summed E-state index contributed by atoms with van der Waals surface area (Å²) >= 11 is 5.93. The Morgan fingerprint density at radius 1 is 1.65 bits per heavy atom. The van der Waals surface area contributed by atoms with Crippen LogP contribution in [0.25, 0.3) is 0 Å². The minimum Gasteiger partial charge on any atom is -0.487 e. The van der Waals surface area contributed by atoms with E-state index in [2.05, 4.69) is 15.0 Å². The first-order valence-corrected chi connectivity index (χ1v) is 5.66. The van der Waals surface area contributed by atoms with Crippen molar-refractivity contribution in [3.8, 4) is 5.75 Å². The third-order valence-corrected chi connectivity index (χ3v) is 2.89. The maximum Gasteiger partial charge on any atom is 0.323 e. The number of ether oxygens (including phenoxy) is 2. The van der Waals surface area contributed by atoms with Gasteiger partial charge in [0.1, 0.15) is 22.9 Å². The Balaban J connectivity index is 1.94. The van der Waals surface area contributed by atoms with Crippen molar-refractivity contribution in [1.29, 1.82) is 0 Å². The molecule has 6 heteroatoms. The molecule has 1 fully saturated rings. The number of carbonyl (C=O) groups excluding carboxylic acids is 1. The molecular formula is C11H13ClN2O3. The highest BCUT2D eigenvalue weighted by Gasteiger charge is 2.31. The van der Waals surface area contributed by atoms with Crippen LogP contribution in [0.2, 0.25) is 5.02 Å². The molecule has 0 amide bonds. The molecule has 0 aromatic carbocycles. The van der Waals surface area contributed by atoms with E-state index in [9.17, 15) is 4.79 Å². The van der Waals surface area contributed by atoms with Crippen molar-refractivity contribution in [3.05, 3.63) is 23.5 Å². The number of nitrogens with one attached hydrogen (secondary N) is 1. The van der Waals surface area contributed by atoms with E-state index in [0.29, 0.717) is 23.7 Å². The highest BCUT2D eigenvalue weighted by molar-refractivity contribution is 6.31. The molecule has 92 valence electrons. The summed E-state index contributed by atoms with van der Waals surface area (Å²) in [5, 5.41) is 3.51. The Labute approximate surface area is 104 Å². The quantitative estimate of drug-likeness (QED) is 0.818. The van der Waals surface area contributed by atoms with Crippen LogP contribution in [0.5, 0.6) is 5.75 Å². The van der Waals surface area contributed by atoms with Gasteiger partial charge in [0.2, 0.25) is 0 Å². The van der Waals surface area contributed by atoms with E-state index in [0.717, 1.165) is 0 Å². The molecule has 17 heavy (non-hydrogen) atoms. The van der Waals surface area contributed by atoms with Crippen molar-refractivity contribution in [2.45, 2.75) is 18.6 Å². The Bertz CT molecular complexity index is 413. The van der Waals surface area contributed by atoms with Gasteiger partial charge in [0.25, 0.3) is 0 Å². The normalized spacial score (nSPS) is 23.4. The van der Waals surface area contributed by atoms with Crippen LogP contribution in [0.1, 0.15) is 6.42 Å². The molecule has 0 bridgehead atoms. The SMILES string of the molecule is COC(=O)C1CC(Oc2ccncc2Cl)CN1. The summed E-state index contributed by atoms with van der Waals surface area (Å²) in [7, 11) is 1.37. The molecular weight excluding hydrogens is 244 g/mol. The van der Waals surface area contributed by atoms with Gasteiger partial charge < -0.3 is 14.8 Å². The van der Waals surface area contributed by atoms with Crippen LogP contribution in [-0.4, -0.2) is 36.8 Å². The monoisotopic (exact) mass is 256 g/mol. The van der Waals surface area contributed by atoms with Crippen molar-refractivity contribution in [2.24, 2.45) is 0 Å². The molecule has 0 saturated carbocycles. The molecule has 5 nitrogen and oxygen atoms in total. The summed E-state index contributed by atoms with van der Waals surface area (Å²) in [5.74, 6) is 0.316. The maximum atomic E-state index is 11.3. The van der Waals surface area contributed by atoms with Crippen LogP contribution in [-0.2, 0) is 9.53 Å². The van der Waals surface area contributed by atoms with Gasteiger partial charge in [0, 0.05) is 31.4 Å². The summed E-state index contributed by atoms with van der Waals surface area (Å²) in [4.78, 5) is 15.2. The third-order valence-electron chi connectivity index (χ3n) is 2.61. The van der Waals surface area contributed by atoms with Crippen molar-refractivity contribution in [2.75, 3.05) is 13.7 Å². The number of esters is 1. The lowest BCUT2D eigenvalue weighted by molar-refractivity contribution is -0.142. The second-order valence-electron chi connectivity index (χ2n) is 3.77. The summed E-state index contributed by atoms with van der Waals surface area (Å²) in [6.07, 6.45) is 3.63. The molecule has 2 atom stereocenters. The minimum absolute atomic E-state index is 0.0843. The average molecular weight is 257 g/mol. The molecule has 0 radical (unpaired) electrons. The topological polar surface area (TPSA) is 60.5 Å². The van der Waals surface area contributed by atoms with Crippen molar-refractivity contribution >= 4 is 17.6 Å². The van der Waals surface area contributed by atoms with E-state index in [1.165, 1.54) is 13.3 Å². The summed E-state index contributed by atoms with van der Waals surface area (Å²) in [6.45, 7) is 0.596. The van der Waals surface area contributed by atoms with Gasteiger partial charge in [-0.1, -0.05) is 11.6 Å². The summed E-state index contributed by atoms with van der Waals surface area (Å²) < 4.78 is 10.4. The zero-order chi connectivity index (χ0) is 12.3.